The van der Waals surface area contributed by atoms with Gasteiger partial charge in [-0.1, -0.05) is 54.1 Å². The van der Waals surface area contributed by atoms with Crippen molar-refractivity contribution in [1.29, 1.82) is 0 Å². The minimum Gasteiger partial charge on any atom is -0.336 e. The van der Waals surface area contributed by atoms with E-state index in [4.69, 9.17) is 11.6 Å². The van der Waals surface area contributed by atoms with Gasteiger partial charge in [-0.25, -0.2) is 9.18 Å². The van der Waals surface area contributed by atoms with Gasteiger partial charge in [-0.15, -0.1) is 0 Å². The smallest absolute Gasteiger partial charge is 0.336 e. The Morgan fingerprint density at radius 1 is 1.00 bits per heavy atom. The lowest BCUT2D eigenvalue weighted by molar-refractivity contribution is -0.140. The molecule has 1 unspecified atom stereocenters. The van der Waals surface area contributed by atoms with E-state index in [2.05, 4.69) is 15.6 Å². The van der Waals surface area contributed by atoms with Crippen molar-refractivity contribution in [2.75, 3.05) is 0 Å². The van der Waals surface area contributed by atoms with Gasteiger partial charge in [0.25, 0.3) is 0 Å². The number of carbonyl (C=O) groups is 1. The molecular formula is C24H22ClF4N3O. The highest BCUT2D eigenvalue weighted by Crippen LogP contribution is 2.39. The van der Waals surface area contributed by atoms with E-state index in [1.807, 2.05) is 0 Å². The summed E-state index contributed by atoms with van der Waals surface area (Å²) in [6.45, 7) is 3.45. The largest absolute Gasteiger partial charge is 0.419 e. The molecule has 2 aromatic carbocycles. The molecule has 174 valence electrons. The molecule has 0 saturated carbocycles. The lowest BCUT2D eigenvalue weighted by Crippen LogP contribution is -2.54. The van der Waals surface area contributed by atoms with Gasteiger partial charge >= 0.3 is 12.2 Å². The van der Waals surface area contributed by atoms with E-state index in [0.29, 0.717) is 11.6 Å². The molecule has 0 saturated heterocycles. The maximum absolute atomic E-state index is 15.5. The highest BCUT2D eigenvalue weighted by atomic mass is 35.5. The summed E-state index contributed by atoms with van der Waals surface area (Å²) in [5.74, 6) is -1.48. The Hall–Kier alpha value is -3.13. The van der Waals surface area contributed by atoms with Crippen LogP contribution in [0, 0.1) is 5.82 Å². The first-order chi connectivity index (χ1) is 15.5. The molecule has 0 fully saturated rings. The zero-order chi connectivity index (χ0) is 24.2. The summed E-state index contributed by atoms with van der Waals surface area (Å²) >= 11 is 5.97. The summed E-state index contributed by atoms with van der Waals surface area (Å²) < 4.78 is 56.2. The standard InChI is InChI=1S/C24H22ClF4N3O/c1-15(2)31-22(33)32-23(13-16-7-4-3-5-8-16,20-12-11-17(25)14-30-20)18-9-6-10-19(21(18)26)24(27,28)29/h3-12,14-15H,13H2,1-2H3,(H2,31,32,33). The van der Waals surface area contributed by atoms with E-state index in [-0.39, 0.29) is 28.7 Å². The first kappa shape index (κ1) is 24.5. The van der Waals surface area contributed by atoms with E-state index in [1.165, 1.54) is 24.4 Å². The average Bonchev–Trinajstić information content (AvgIpc) is 2.73. The Labute approximate surface area is 194 Å². The molecule has 9 heteroatoms. The van der Waals surface area contributed by atoms with Crippen LogP contribution >= 0.6 is 11.6 Å². The second-order valence-electron chi connectivity index (χ2n) is 7.85. The second-order valence-corrected chi connectivity index (χ2v) is 8.28. The number of rotatable bonds is 6. The van der Waals surface area contributed by atoms with Crippen LogP contribution in [0.25, 0.3) is 0 Å². The highest BCUT2D eigenvalue weighted by molar-refractivity contribution is 6.30. The fourth-order valence-corrected chi connectivity index (χ4v) is 3.71. The highest BCUT2D eigenvalue weighted by Gasteiger charge is 2.43. The molecule has 4 nitrogen and oxygen atoms in total. The number of alkyl halides is 3. The van der Waals surface area contributed by atoms with Crippen LogP contribution in [-0.2, 0) is 18.1 Å². The van der Waals surface area contributed by atoms with Crippen molar-refractivity contribution in [2.45, 2.75) is 38.0 Å². The molecule has 1 heterocycles. The third kappa shape index (κ3) is 5.63. The number of benzene rings is 2. The first-order valence-corrected chi connectivity index (χ1v) is 10.5. The van der Waals surface area contributed by atoms with Crippen LogP contribution in [0.4, 0.5) is 22.4 Å². The number of amides is 2. The summed E-state index contributed by atoms with van der Waals surface area (Å²) in [6, 6.07) is 13.7. The van der Waals surface area contributed by atoms with Crippen molar-refractivity contribution in [1.82, 2.24) is 15.6 Å². The Morgan fingerprint density at radius 3 is 2.24 bits per heavy atom. The maximum atomic E-state index is 15.5. The molecular weight excluding hydrogens is 458 g/mol. The van der Waals surface area contributed by atoms with Crippen molar-refractivity contribution in [3.05, 3.63) is 100 Å². The van der Waals surface area contributed by atoms with Crippen molar-refractivity contribution in [2.24, 2.45) is 0 Å². The fourth-order valence-electron chi connectivity index (χ4n) is 3.60. The Kier molecular flexibility index (Phi) is 7.27. The zero-order valence-electron chi connectivity index (χ0n) is 17.9. The number of urea groups is 1. The normalized spacial score (nSPS) is 13.5. The van der Waals surface area contributed by atoms with E-state index in [9.17, 15) is 18.0 Å². The minimum absolute atomic E-state index is 0.0633. The van der Waals surface area contributed by atoms with Crippen molar-refractivity contribution < 1.29 is 22.4 Å². The average molecular weight is 480 g/mol. The summed E-state index contributed by atoms with van der Waals surface area (Å²) in [7, 11) is 0. The van der Waals surface area contributed by atoms with Gasteiger partial charge in [-0.2, -0.15) is 13.2 Å². The maximum Gasteiger partial charge on any atom is 0.419 e. The number of pyridine rings is 1. The predicted molar refractivity (Wildman–Crippen MR) is 118 cm³/mol. The quantitative estimate of drug-likeness (QED) is 0.420. The Bertz CT molecular complexity index is 1100. The number of hydrogen-bond donors (Lipinski definition) is 2. The Balaban J connectivity index is 2.31. The van der Waals surface area contributed by atoms with Crippen LogP contribution in [0.15, 0.2) is 66.9 Å². The van der Waals surface area contributed by atoms with Crippen LogP contribution < -0.4 is 10.6 Å². The first-order valence-electron chi connectivity index (χ1n) is 10.1. The molecule has 2 amide bonds. The summed E-state index contributed by atoms with van der Waals surface area (Å²) in [5.41, 5.74) is -2.79. The molecule has 2 N–H and O–H groups in total. The summed E-state index contributed by atoms with van der Waals surface area (Å²) in [6.07, 6.45) is -3.69. The number of halogens is 5. The van der Waals surface area contributed by atoms with E-state index >= 15 is 4.39 Å². The number of aromatic nitrogens is 1. The van der Waals surface area contributed by atoms with Gasteiger partial charge in [0.15, 0.2) is 0 Å². The molecule has 3 rings (SSSR count). The zero-order valence-corrected chi connectivity index (χ0v) is 18.6. The van der Waals surface area contributed by atoms with E-state index in [1.54, 1.807) is 44.2 Å². The number of carbonyl (C=O) groups excluding carboxylic acids is 1. The molecule has 0 aliphatic heterocycles. The SMILES string of the molecule is CC(C)NC(=O)NC(Cc1ccccc1)(c1ccc(Cl)cn1)c1cccc(C(F)(F)F)c1F. The van der Waals surface area contributed by atoms with Crippen LogP contribution in [0.3, 0.4) is 0 Å². The van der Waals surface area contributed by atoms with E-state index < -0.39 is 29.1 Å². The van der Waals surface area contributed by atoms with Crippen molar-refractivity contribution >= 4 is 17.6 Å². The van der Waals surface area contributed by atoms with Gasteiger partial charge in [-0.05, 0) is 37.6 Å². The monoisotopic (exact) mass is 479 g/mol. The molecule has 0 radical (unpaired) electrons. The van der Waals surface area contributed by atoms with Gasteiger partial charge in [0.05, 0.1) is 16.3 Å². The lowest BCUT2D eigenvalue weighted by atomic mass is 9.79. The van der Waals surface area contributed by atoms with E-state index in [0.717, 1.165) is 6.07 Å². The number of nitrogens with one attached hydrogen (secondary N) is 2. The summed E-state index contributed by atoms with van der Waals surface area (Å²) in [5, 5.41) is 5.65. The topological polar surface area (TPSA) is 54.0 Å². The van der Waals surface area contributed by atoms with Crippen LogP contribution in [0.1, 0.15) is 36.2 Å². The Morgan fingerprint density at radius 2 is 1.67 bits per heavy atom. The lowest BCUT2D eigenvalue weighted by Gasteiger charge is -2.36. The van der Waals surface area contributed by atoms with Crippen molar-refractivity contribution in [3.8, 4) is 0 Å². The second kappa shape index (κ2) is 9.79. The summed E-state index contributed by atoms with van der Waals surface area (Å²) in [4.78, 5) is 17.1. The molecule has 33 heavy (non-hydrogen) atoms. The van der Waals surface area contributed by atoms with Crippen LogP contribution in [0.2, 0.25) is 5.02 Å². The van der Waals surface area contributed by atoms with Gasteiger partial charge < -0.3 is 10.6 Å². The third-order valence-corrected chi connectivity index (χ3v) is 5.21. The van der Waals surface area contributed by atoms with Crippen LogP contribution in [0.5, 0.6) is 0 Å². The van der Waals surface area contributed by atoms with Gasteiger partial charge in [0, 0.05) is 24.2 Å². The van der Waals surface area contributed by atoms with Crippen LogP contribution in [-0.4, -0.2) is 17.1 Å². The molecule has 0 spiro atoms. The van der Waals surface area contributed by atoms with Gasteiger partial charge in [0.1, 0.15) is 11.4 Å². The minimum atomic E-state index is -4.92. The molecule has 0 bridgehead atoms. The number of nitrogens with zero attached hydrogens (tertiary/aromatic N) is 1. The molecule has 0 aliphatic carbocycles. The molecule has 3 aromatic rings. The molecule has 1 atom stereocenters. The van der Waals surface area contributed by atoms with Gasteiger partial charge in [-0.3, -0.25) is 4.98 Å². The third-order valence-electron chi connectivity index (χ3n) is 4.99. The molecule has 0 aliphatic rings. The predicted octanol–water partition coefficient (Wildman–Crippen LogP) is 6.09. The molecule has 1 aromatic heterocycles. The van der Waals surface area contributed by atoms with Gasteiger partial charge in [0.2, 0.25) is 0 Å². The van der Waals surface area contributed by atoms with Crippen molar-refractivity contribution in [3.63, 3.8) is 0 Å². The fraction of sp³-hybridized carbons (Fsp3) is 0.250. The number of hydrogen-bond acceptors (Lipinski definition) is 2.